The molecule has 2 amide bonds. The van der Waals surface area contributed by atoms with Crippen LogP contribution in [0.4, 0.5) is 4.79 Å². The first-order valence-corrected chi connectivity index (χ1v) is 8.37. The molecule has 128 valence electrons. The van der Waals surface area contributed by atoms with Gasteiger partial charge in [-0.05, 0) is 43.3 Å². The van der Waals surface area contributed by atoms with Crippen molar-refractivity contribution in [2.45, 2.75) is 19.9 Å². The number of imide groups is 1. The molecule has 0 atom stereocenters. The molecule has 1 fully saturated rings. The maximum atomic E-state index is 12.3. The molecule has 1 aliphatic heterocycles. The minimum absolute atomic E-state index is 0.0814. The molecule has 0 saturated carbocycles. The fourth-order valence-corrected chi connectivity index (χ4v) is 3.35. The highest BCUT2D eigenvalue weighted by atomic mass is 32.2. The number of hydrogen-bond donors (Lipinski definition) is 0. The van der Waals surface area contributed by atoms with Crippen LogP contribution in [0.25, 0.3) is 17.4 Å². The molecule has 25 heavy (non-hydrogen) atoms. The van der Waals surface area contributed by atoms with Gasteiger partial charge in [0.25, 0.3) is 11.1 Å². The van der Waals surface area contributed by atoms with E-state index in [-0.39, 0.29) is 22.8 Å². The van der Waals surface area contributed by atoms with E-state index in [1.54, 1.807) is 38.1 Å². The summed E-state index contributed by atoms with van der Waals surface area (Å²) in [6.45, 7) is 3.56. The molecule has 0 N–H and O–H groups in total. The van der Waals surface area contributed by atoms with Gasteiger partial charge in [-0.25, -0.2) is 0 Å². The zero-order chi connectivity index (χ0) is 18.1. The Bertz CT molecular complexity index is 879. The number of nitrogens with zero attached hydrogens (tertiary/aromatic N) is 1. The van der Waals surface area contributed by atoms with Crippen molar-refractivity contribution in [3.05, 3.63) is 52.6 Å². The number of carbonyl (C=O) groups excluding carboxylic acids is 3. The van der Waals surface area contributed by atoms with E-state index in [0.29, 0.717) is 22.0 Å². The van der Waals surface area contributed by atoms with Crippen molar-refractivity contribution in [3.63, 3.8) is 0 Å². The second kappa shape index (κ2) is 6.60. The van der Waals surface area contributed by atoms with Crippen molar-refractivity contribution in [2.75, 3.05) is 0 Å². The van der Waals surface area contributed by atoms with Gasteiger partial charge in [0.05, 0.1) is 10.9 Å². The van der Waals surface area contributed by atoms with Gasteiger partial charge in [0, 0.05) is 17.7 Å². The lowest BCUT2D eigenvalue weighted by atomic mass is 10.1. The smallest absolute Gasteiger partial charge is 0.293 e. The molecule has 2 heterocycles. The van der Waals surface area contributed by atoms with Gasteiger partial charge >= 0.3 is 0 Å². The molecule has 1 aromatic heterocycles. The summed E-state index contributed by atoms with van der Waals surface area (Å²) in [6, 6.07) is 9.29. The third-order valence-corrected chi connectivity index (χ3v) is 4.53. The van der Waals surface area contributed by atoms with Gasteiger partial charge in [-0.3, -0.25) is 14.5 Å². The standard InChI is InChI=1S/C18H15NO5S/c1-10(2)19-16(20)15(25-18(19)23)9-13-7-8-14(24-13)11-3-5-12(6-4-11)17(21)22/h3-10H,1-2H3,(H,21,22)/p-1/b15-9+. The number of carboxylic acid groups (broad SMARTS) is 1. The first-order chi connectivity index (χ1) is 11.9. The normalized spacial score (nSPS) is 16.3. The number of hydrogen-bond acceptors (Lipinski definition) is 6. The maximum Gasteiger partial charge on any atom is 0.293 e. The lowest BCUT2D eigenvalue weighted by Crippen LogP contribution is -2.34. The molecular weight excluding hydrogens is 342 g/mol. The van der Waals surface area contributed by atoms with Crippen LogP contribution in [0.1, 0.15) is 30.0 Å². The predicted molar refractivity (Wildman–Crippen MR) is 91.4 cm³/mol. The van der Waals surface area contributed by atoms with E-state index in [1.165, 1.54) is 23.1 Å². The van der Waals surface area contributed by atoms with Crippen LogP contribution in [0.5, 0.6) is 0 Å². The Labute approximate surface area is 148 Å². The van der Waals surface area contributed by atoms with Crippen molar-refractivity contribution >= 4 is 35.0 Å². The molecule has 0 aliphatic carbocycles. The second-order valence-electron chi connectivity index (χ2n) is 5.71. The number of carbonyl (C=O) groups is 3. The molecule has 1 aromatic carbocycles. The monoisotopic (exact) mass is 356 g/mol. The molecule has 1 aliphatic rings. The number of thioether (sulfide) groups is 1. The molecule has 6 nitrogen and oxygen atoms in total. The highest BCUT2D eigenvalue weighted by Crippen LogP contribution is 2.34. The number of amides is 2. The summed E-state index contributed by atoms with van der Waals surface area (Å²) in [5.74, 6) is -0.610. The number of carboxylic acids is 1. The molecule has 3 rings (SSSR count). The minimum Gasteiger partial charge on any atom is -0.545 e. The van der Waals surface area contributed by atoms with E-state index in [4.69, 9.17) is 4.42 Å². The summed E-state index contributed by atoms with van der Waals surface area (Å²) in [6.07, 6.45) is 1.53. The summed E-state index contributed by atoms with van der Waals surface area (Å²) >= 11 is 0.882. The molecule has 2 aromatic rings. The molecule has 0 spiro atoms. The Hall–Kier alpha value is -2.80. The minimum atomic E-state index is -1.24. The van der Waals surface area contributed by atoms with Crippen LogP contribution in [-0.2, 0) is 4.79 Å². The average molecular weight is 356 g/mol. The number of furan rings is 1. The first-order valence-electron chi connectivity index (χ1n) is 7.55. The lowest BCUT2D eigenvalue weighted by molar-refractivity contribution is -0.255. The fourth-order valence-electron chi connectivity index (χ4n) is 2.41. The average Bonchev–Trinajstić information content (AvgIpc) is 3.12. The van der Waals surface area contributed by atoms with E-state index in [9.17, 15) is 19.5 Å². The van der Waals surface area contributed by atoms with Crippen molar-refractivity contribution in [1.29, 1.82) is 0 Å². The van der Waals surface area contributed by atoms with Crippen LogP contribution in [0, 0.1) is 0 Å². The molecular formula is C18H14NO5S-. The van der Waals surface area contributed by atoms with Crippen LogP contribution >= 0.6 is 11.8 Å². The summed E-state index contributed by atoms with van der Waals surface area (Å²) in [5.41, 5.74) is 0.776. The Morgan fingerprint density at radius 1 is 1.16 bits per heavy atom. The van der Waals surface area contributed by atoms with E-state index in [1.807, 2.05) is 0 Å². The third-order valence-electron chi connectivity index (χ3n) is 3.65. The highest BCUT2D eigenvalue weighted by Gasteiger charge is 2.36. The Kier molecular flexibility index (Phi) is 4.50. The van der Waals surface area contributed by atoms with Crippen LogP contribution < -0.4 is 5.11 Å². The van der Waals surface area contributed by atoms with Gasteiger partial charge in [0.1, 0.15) is 11.5 Å². The highest BCUT2D eigenvalue weighted by molar-refractivity contribution is 8.18. The number of aromatic carboxylic acids is 1. The topological polar surface area (TPSA) is 90.7 Å². The largest absolute Gasteiger partial charge is 0.545 e. The second-order valence-corrected chi connectivity index (χ2v) is 6.71. The van der Waals surface area contributed by atoms with E-state index < -0.39 is 5.97 Å². The zero-order valence-corrected chi connectivity index (χ0v) is 14.3. The summed E-state index contributed by atoms with van der Waals surface area (Å²) in [5, 5.41) is 10.5. The van der Waals surface area contributed by atoms with E-state index in [2.05, 4.69) is 0 Å². The molecule has 0 unspecified atom stereocenters. The van der Waals surface area contributed by atoms with Crippen LogP contribution in [-0.4, -0.2) is 28.1 Å². The van der Waals surface area contributed by atoms with Gasteiger partial charge in [0.2, 0.25) is 0 Å². The van der Waals surface area contributed by atoms with Crippen LogP contribution in [0.15, 0.2) is 45.7 Å². The van der Waals surface area contributed by atoms with Crippen molar-refractivity contribution in [2.24, 2.45) is 0 Å². The summed E-state index contributed by atoms with van der Waals surface area (Å²) in [7, 11) is 0. The van der Waals surface area contributed by atoms with Crippen molar-refractivity contribution in [3.8, 4) is 11.3 Å². The predicted octanol–water partition coefficient (Wildman–Crippen LogP) is 2.75. The molecule has 0 radical (unpaired) electrons. The Morgan fingerprint density at radius 3 is 2.40 bits per heavy atom. The molecule has 7 heteroatoms. The Balaban J connectivity index is 1.83. The fraction of sp³-hybridized carbons (Fsp3) is 0.167. The third kappa shape index (κ3) is 3.36. The summed E-state index contributed by atoms with van der Waals surface area (Å²) in [4.78, 5) is 36.4. The zero-order valence-electron chi connectivity index (χ0n) is 13.5. The van der Waals surface area contributed by atoms with Crippen LogP contribution in [0.3, 0.4) is 0 Å². The quantitative estimate of drug-likeness (QED) is 0.783. The summed E-state index contributed by atoms with van der Waals surface area (Å²) < 4.78 is 5.68. The van der Waals surface area contributed by atoms with E-state index in [0.717, 1.165) is 11.8 Å². The first kappa shape index (κ1) is 17.0. The lowest BCUT2D eigenvalue weighted by Gasteiger charge is -2.16. The molecule has 0 bridgehead atoms. The SMILES string of the molecule is CC(C)N1C(=O)S/C(=C/c2ccc(-c3ccc(C(=O)[O-])cc3)o2)C1=O. The van der Waals surface area contributed by atoms with Gasteiger partial charge in [-0.1, -0.05) is 24.3 Å². The number of rotatable bonds is 4. The Morgan fingerprint density at radius 2 is 1.84 bits per heavy atom. The molecule has 1 saturated heterocycles. The van der Waals surface area contributed by atoms with Crippen molar-refractivity contribution < 1.29 is 23.9 Å². The van der Waals surface area contributed by atoms with Gasteiger partial charge in [-0.2, -0.15) is 0 Å². The van der Waals surface area contributed by atoms with Crippen LogP contribution in [0.2, 0.25) is 0 Å². The number of benzene rings is 1. The van der Waals surface area contributed by atoms with Gasteiger partial charge in [-0.15, -0.1) is 0 Å². The van der Waals surface area contributed by atoms with Gasteiger partial charge in [0.15, 0.2) is 0 Å². The maximum absolute atomic E-state index is 12.3. The van der Waals surface area contributed by atoms with Crippen molar-refractivity contribution in [1.82, 2.24) is 4.90 Å². The van der Waals surface area contributed by atoms with E-state index >= 15 is 0 Å². The van der Waals surface area contributed by atoms with Gasteiger partial charge < -0.3 is 14.3 Å².